The lowest BCUT2D eigenvalue weighted by molar-refractivity contribution is -0.114. The van der Waals surface area contributed by atoms with Gasteiger partial charge in [0.15, 0.2) is 0 Å². The first-order valence-electron chi connectivity index (χ1n) is 8.14. The van der Waals surface area contributed by atoms with Crippen LogP contribution in [0.3, 0.4) is 0 Å². The normalized spacial score (nSPS) is 17.2. The van der Waals surface area contributed by atoms with Crippen molar-refractivity contribution in [3.8, 4) is 0 Å². The van der Waals surface area contributed by atoms with Crippen LogP contribution in [0.1, 0.15) is 6.92 Å². The Labute approximate surface area is 154 Å². The summed E-state index contributed by atoms with van der Waals surface area (Å²) in [4.78, 5) is 13.0. The Morgan fingerprint density at radius 1 is 1.04 bits per heavy atom. The number of amides is 1. The fraction of sp³-hybridized carbons (Fsp3) is 0.533. The van der Waals surface area contributed by atoms with Crippen molar-refractivity contribution in [2.45, 2.75) is 11.8 Å². The lowest BCUT2D eigenvalue weighted by Gasteiger charge is -2.31. The van der Waals surface area contributed by atoms with E-state index in [1.807, 2.05) is 11.9 Å². The van der Waals surface area contributed by atoms with Gasteiger partial charge in [0.25, 0.3) is 0 Å². The largest absolute Gasteiger partial charge is 0.326 e. The van der Waals surface area contributed by atoms with Crippen molar-refractivity contribution in [2.75, 3.05) is 50.8 Å². The molecule has 0 bridgehead atoms. The molecule has 0 spiro atoms. The van der Waals surface area contributed by atoms with Gasteiger partial charge < -0.3 is 10.2 Å². The second-order valence-electron chi connectivity index (χ2n) is 6.12. The molecule has 1 aromatic carbocycles. The van der Waals surface area contributed by atoms with Crippen molar-refractivity contribution in [1.29, 1.82) is 0 Å². The zero-order chi connectivity index (χ0) is 19.4. The van der Waals surface area contributed by atoms with E-state index in [0.29, 0.717) is 31.9 Å². The molecule has 11 heteroatoms. The summed E-state index contributed by atoms with van der Waals surface area (Å²) in [6.45, 7) is 3.29. The molecule has 1 fully saturated rings. The number of nitrogens with zero attached hydrogens (tertiary/aromatic N) is 2. The van der Waals surface area contributed by atoms with E-state index in [0.717, 1.165) is 0 Å². The Kier molecular flexibility index (Phi) is 6.74. The molecule has 2 rings (SSSR count). The predicted octanol–water partition coefficient (Wildman–Crippen LogP) is -0.499. The average molecular weight is 405 g/mol. The first-order valence-corrected chi connectivity index (χ1v) is 11.2. The molecule has 1 aliphatic rings. The van der Waals surface area contributed by atoms with Gasteiger partial charge in [-0.25, -0.2) is 21.6 Å². The Morgan fingerprint density at radius 2 is 1.62 bits per heavy atom. The SMILES string of the molecule is CC(=O)Nc1ccc(S(=O)(=O)NCCS(=O)(=O)N2CCN(C)CC2)cc1. The van der Waals surface area contributed by atoms with Gasteiger partial charge in [0.1, 0.15) is 0 Å². The van der Waals surface area contributed by atoms with Gasteiger partial charge in [-0.3, -0.25) is 4.79 Å². The van der Waals surface area contributed by atoms with E-state index < -0.39 is 20.0 Å². The highest BCUT2D eigenvalue weighted by molar-refractivity contribution is 7.90. The van der Waals surface area contributed by atoms with Gasteiger partial charge in [0, 0.05) is 45.3 Å². The Hall–Kier alpha value is -1.53. The molecule has 1 aromatic rings. The second kappa shape index (κ2) is 8.44. The van der Waals surface area contributed by atoms with Crippen LogP contribution in [0.4, 0.5) is 5.69 Å². The number of anilines is 1. The molecule has 0 saturated carbocycles. The first kappa shape index (κ1) is 20.8. The number of piperazine rings is 1. The molecule has 0 atom stereocenters. The van der Waals surface area contributed by atoms with Crippen LogP contribution >= 0.6 is 0 Å². The zero-order valence-electron chi connectivity index (χ0n) is 14.8. The molecular formula is C15H24N4O5S2. The van der Waals surface area contributed by atoms with E-state index in [9.17, 15) is 21.6 Å². The quantitative estimate of drug-likeness (QED) is 0.633. The molecule has 0 radical (unpaired) electrons. The molecule has 1 amide bonds. The van der Waals surface area contributed by atoms with Gasteiger partial charge in [-0.1, -0.05) is 0 Å². The van der Waals surface area contributed by atoms with Gasteiger partial charge in [-0.05, 0) is 31.3 Å². The zero-order valence-corrected chi connectivity index (χ0v) is 16.4. The van der Waals surface area contributed by atoms with Crippen LogP contribution in [0.5, 0.6) is 0 Å². The van der Waals surface area contributed by atoms with Crippen molar-refractivity contribution in [3.63, 3.8) is 0 Å². The van der Waals surface area contributed by atoms with E-state index >= 15 is 0 Å². The maximum Gasteiger partial charge on any atom is 0.240 e. The molecular weight excluding hydrogens is 380 g/mol. The number of likely N-dealkylation sites (N-methyl/N-ethyl adjacent to an activating group) is 1. The summed E-state index contributed by atoms with van der Waals surface area (Å²) in [6.07, 6.45) is 0. The molecule has 2 N–H and O–H groups in total. The molecule has 9 nitrogen and oxygen atoms in total. The third kappa shape index (κ3) is 5.74. The second-order valence-corrected chi connectivity index (χ2v) is 9.98. The van der Waals surface area contributed by atoms with Crippen LogP contribution in [0.15, 0.2) is 29.2 Å². The number of nitrogens with one attached hydrogen (secondary N) is 2. The van der Waals surface area contributed by atoms with Crippen LogP contribution in [-0.2, 0) is 24.8 Å². The number of hydrogen-bond acceptors (Lipinski definition) is 6. The molecule has 0 unspecified atom stereocenters. The Balaban J connectivity index is 1.92. The summed E-state index contributed by atoms with van der Waals surface area (Å²) in [5, 5.41) is 2.54. The summed E-state index contributed by atoms with van der Waals surface area (Å²) in [6, 6.07) is 5.64. The first-order chi connectivity index (χ1) is 12.1. The lowest BCUT2D eigenvalue weighted by atomic mass is 10.3. The van der Waals surface area contributed by atoms with Gasteiger partial charge in [-0.2, -0.15) is 4.31 Å². The minimum Gasteiger partial charge on any atom is -0.326 e. The third-order valence-corrected chi connectivity index (χ3v) is 7.34. The maximum absolute atomic E-state index is 12.3. The monoisotopic (exact) mass is 404 g/mol. The van der Waals surface area contributed by atoms with Crippen molar-refractivity contribution < 1.29 is 21.6 Å². The Morgan fingerprint density at radius 3 is 2.15 bits per heavy atom. The van der Waals surface area contributed by atoms with E-state index in [1.165, 1.54) is 35.5 Å². The molecule has 0 aromatic heterocycles. The highest BCUT2D eigenvalue weighted by Crippen LogP contribution is 2.14. The van der Waals surface area contributed by atoms with Gasteiger partial charge in [0.2, 0.25) is 26.0 Å². The van der Waals surface area contributed by atoms with E-state index in [4.69, 9.17) is 0 Å². The van der Waals surface area contributed by atoms with Crippen molar-refractivity contribution in [3.05, 3.63) is 24.3 Å². The smallest absolute Gasteiger partial charge is 0.240 e. The van der Waals surface area contributed by atoms with Crippen LogP contribution in [0, 0.1) is 0 Å². The van der Waals surface area contributed by atoms with E-state index in [-0.39, 0.29) is 23.1 Å². The van der Waals surface area contributed by atoms with Gasteiger partial charge in [-0.15, -0.1) is 0 Å². The van der Waals surface area contributed by atoms with Crippen LogP contribution in [-0.4, -0.2) is 77.5 Å². The summed E-state index contributed by atoms with van der Waals surface area (Å²) in [5.41, 5.74) is 0.481. The number of rotatable bonds is 7. The fourth-order valence-corrected chi connectivity index (χ4v) is 5.00. The molecule has 0 aliphatic carbocycles. The minimum atomic E-state index is -3.82. The third-order valence-electron chi connectivity index (χ3n) is 3.99. The maximum atomic E-state index is 12.3. The van der Waals surface area contributed by atoms with Crippen LogP contribution in [0.25, 0.3) is 0 Å². The number of carbonyl (C=O) groups is 1. The van der Waals surface area contributed by atoms with Crippen molar-refractivity contribution >= 4 is 31.6 Å². The number of sulfonamides is 2. The number of hydrogen-bond donors (Lipinski definition) is 2. The van der Waals surface area contributed by atoms with Gasteiger partial charge >= 0.3 is 0 Å². The van der Waals surface area contributed by atoms with Crippen molar-refractivity contribution in [1.82, 2.24) is 13.9 Å². The predicted molar refractivity (Wildman–Crippen MR) is 98.8 cm³/mol. The molecule has 26 heavy (non-hydrogen) atoms. The number of benzene rings is 1. The minimum absolute atomic E-state index is 0.00333. The summed E-state index contributed by atoms with van der Waals surface area (Å²) in [7, 11) is -5.39. The highest BCUT2D eigenvalue weighted by Gasteiger charge is 2.26. The standard InChI is InChI=1S/C15H24N4O5S2/c1-13(20)17-14-3-5-15(6-4-14)26(23,24)16-7-12-25(21,22)19-10-8-18(2)9-11-19/h3-6,16H,7-12H2,1-2H3,(H,17,20). The van der Waals surface area contributed by atoms with Gasteiger partial charge in [0.05, 0.1) is 10.6 Å². The molecule has 146 valence electrons. The molecule has 1 aliphatic heterocycles. The lowest BCUT2D eigenvalue weighted by Crippen LogP contribution is -2.48. The van der Waals surface area contributed by atoms with Crippen LogP contribution in [0.2, 0.25) is 0 Å². The topological polar surface area (TPSA) is 116 Å². The van der Waals surface area contributed by atoms with E-state index in [1.54, 1.807) is 0 Å². The summed E-state index contributed by atoms with van der Waals surface area (Å²) >= 11 is 0. The molecule has 1 saturated heterocycles. The highest BCUT2D eigenvalue weighted by atomic mass is 32.2. The number of carbonyl (C=O) groups excluding carboxylic acids is 1. The fourth-order valence-electron chi connectivity index (χ4n) is 2.50. The Bertz CT molecular complexity index is 829. The average Bonchev–Trinajstić information content (AvgIpc) is 2.55. The summed E-state index contributed by atoms with van der Waals surface area (Å²) < 4.78 is 52.8. The van der Waals surface area contributed by atoms with E-state index in [2.05, 4.69) is 10.0 Å². The van der Waals surface area contributed by atoms with Crippen LogP contribution < -0.4 is 10.0 Å². The summed E-state index contributed by atoms with van der Waals surface area (Å²) in [5.74, 6) is -0.548. The van der Waals surface area contributed by atoms with Crippen molar-refractivity contribution in [2.24, 2.45) is 0 Å². The molecule has 1 heterocycles.